The predicted molar refractivity (Wildman–Crippen MR) is 97.4 cm³/mol. The molecule has 27 heavy (non-hydrogen) atoms. The minimum atomic E-state index is -0.556. The molecule has 2 heterocycles. The lowest BCUT2D eigenvalue weighted by molar-refractivity contribution is -0.141. The van der Waals surface area contributed by atoms with E-state index in [-0.39, 0.29) is 24.3 Å². The summed E-state index contributed by atoms with van der Waals surface area (Å²) in [6.07, 6.45) is 2.12. The Kier molecular flexibility index (Phi) is 4.46. The SMILES string of the molecule is O=C(OCc1ccccc1)C1=CCC2CN1C(=O)N2C(=O)c1ccccc1. The lowest BCUT2D eigenvalue weighted by Gasteiger charge is -2.21. The highest BCUT2D eigenvalue weighted by molar-refractivity contribution is 6.08. The number of hydrogen-bond donors (Lipinski definition) is 0. The Morgan fingerprint density at radius 3 is 2.37 bits per heavy atom. The molecule has 1 atom stereocenters. The smallest absolute Gasteiger partial charge is 0.355 e. The van der Waals surface area contributed by atoms with Gasteiger partial charge in [0.2, 0.25) is 0 Å². The average Bonchev–Trinajstić information content (AvgIpc) is 2.97. The molecule has 6 heteroatoms. The first-order valence-corrected chi connectivity index (χ1v) is 8.76. The number of ether oxygens (including phenoxy) is 1. The van der Waals surface area contributed by atoms with E-state index >= 15 is 0 Å². The van der Waals surface area contributed by atoms with E-state index in [1.165, 1.54) is 9.80 Å². The first-order chi connectivity index (χ1) is 13.1. The molecule has 1 fully saturated rings. The Morgan fingerprint density at radius 1 is 1.00 bits per heavy atom. The van der Waals surface area contributed by atoms with Crippen LogP contribution in [0.15, 0.2) is 72.4 Å². The Morgan fingerprint density at radius 2 is 1.67 bits per heavy atom. The number of rotatable bonds is 4. The van der Waals surface area contributed by atoms with E-state index < -0.39 is 12.0 Å². The van der Waals surface area contributed by atoms with Crippen molar-refractivity contribution in [2.24, 2.45) is 0 Å². The number of carbonyl (C=O) groups is 3. The van der Waals surface area contributed by atoms with Crippen LogP contribution in [0, 0.1) is 0 Å². The minimum Gasteiger partial charge on any atom is -0.456 e. The van der Waals surface area contributed by atoms with E-state index in [1.807, 2.05) is 36.4 Å². The largest absolute Gasteiger partial charge is 0.456 e. The van der Waals surface area contributed by atoms with Gasteiger partial charge in [-0.3, -0.25) is 14.6 Å². The van der Waals surface area contributed by atoms with E-state index in [0.717, 1.165) is 5.56 Å². The maximum absolute atomic E-state index is 12.8. The number of hydrogen-bond acceptors (Lipinski definition) is 4. The van der Waals surface area contributed by atoms with Crippen molar-refractivity contribution in [3.8, 4) is 0 Å². The molecular weight excluding hydrogens is 344 g/mol. The van der Waals surface area contributed by atoms with E-state index in [2.05, 4.69) is 0 Å². The Balaban J connectivity index is 1.46. The van der Waals surface area contributed by atoms with Gasteiger partial charge in [0.25, 0.3) is 5.91 Å². The fourth-order valence-corrected chi connectivity index (χ4v) is 3.36. The normalized spacial score (nSPS) is 18.3. The third-order valence-corrected chi connectivity index (χ3v) is 4.73. The van der Waals surface area contributed by atoms with Gasteiger partial charge in [0.1, 0.15) is 12.3 Å². The molecule has 2 aliphatic rings. The zero-order valence-electron chi connectivity index (χ0n) is 14.6. The molecule has 0 N–H and O–H groups in total. The minimum absolute atomic E-state index is 0.134. The highest BCUT2D eigenvalue weighted by atomic mass is 16.5. The number of fused-ring (bicyclic) bond motifs is 2. The van der Waals surface area contributed by atoms with Crippen LogP contribution in [-0.4, -0.2) is 40.3 Å². The third-order valence-electron chi connectivity index (χ3n) is 4.73. The van der Waals surface area contributed by atoms with Crippen molar-refractivity contribution in [3.05, 3.63) is 83.6 Å². The van der Waals surface area contributed by atoms with Gasteiger partial charge in [0.05, 0.1) is 6.04 Å². The van der Waals surface area contributed by atoms with Crippen LogP contribution >= 0.6 is 0 Å². The van der Waals surface area contributed by atoms with Gasteiger partial charge in [-0.05, 0) is 24.1 Å². The van der Waals surface area contributed by atoms with Crippen molar-refractivity contribution in [3.63, 3.8) is 0 Å². The van der Waals surface area contributed by atoms with Crippen LogP contribution in [-0.2, 0) is 16.1 Å². The van der Waals surface area contributed by atoms with Gasteiger partial charge in [-0.2, -0.15) is 0 Å². The molecule has 2 aliphatic heterocycles. The van der Waals surface area contributed by atoms with Crippen LogP contribution < -0.4 is 0 Å². The zero-order valence-corrected chi connectivity index (χ0v) is 14.6. The summed E-state index contributed by atoms with van der Waals surface area (Å²) in [5, 5.41) is 0. The lowest BCUT2D eigenvalue weighted by Crippen LogP contribution is -2.39. The molecule has 0 spiro atoms. The van der Waals surface area contributed by atoms with Gasteiger partial charge in [-0.1, -0.05) is 54.6 Å². The van der Waals surface area contributed by atoms with Crippen molar-refractivity contribution >= 4 is 17.9 Å². The maximum Gasteiger partial charge on any atom is 0.355 e. The van der Waals surface area contributed by atoms with E-state index in [0.29, 0.717) is 18.5 Å². The first kappa shape index (κ1) is 17.0. The monoisotopic (exact) mass is 362 g/mol. The third kappa shape index (κ3) is 3.21. The van der Waals surface area contributed by atoms with Gasteiger partial charge >= 0.3 is 12.0 Å². The van der Waals surface area contributed by atoms with Crippen LogP contribution in [0.25, 0.3) is 0 Å². The molecule has 2 bridgehead atoms. The second-order valence-electron chi connectivity index (χ2n) is 6.47. The van der Waals surface area contributed by atoms with Crippen LogP contribution in [0.4, 0.5) is 4.79 Å². The van der Waals surface area contributed by atoms with Crippen molar-refractivity contribution in [1.82, 2.24) is 9.80 Å². The van der Waals surface area contributed by atoms with Crippen LogP contribution in [0.5, 0.6) is 0 Å². The topological polar surface area (TPSA) is 66.9 Å². The molecule has 4 rings (SSSR count). The Labute approximate surface area is 156 Å². The summed E-state index contributed by atoms with van der Waals surface area (Å²) >= 11 is 0. The highest BCUT2D eigenvalue weighted by Gasteiger charge is 2.46. The molecule has 6 nitrogen and oxygen atoms in total. The van der Waals surface area contributed by atoms with E-state index in [4.69, 9.17) is 4.74 Å². The van der Waals surface area contributed by atoms with E-state index in [1.54, 1.807) is 30.3 Å². The summed E-state index contributed by atoms with van der Waals surface area (Å²) in [6.45, 7) is 0.443. The summed E-state index contributed by atoms with van der Waals surface area (Å²) < 4.78 is 5.34. The number of amides is 3. The molecule has 136 valence electrons. The van der Waals surface area contributed by atoms with Gasteiger partial charge in [0, 0.05) is 12.1 Å². The van der Waals surface area contributed by atoms with Crippen LogP contribution in [0.2, 0.25) is 0 Å². The predicted octanol–water partition coefficient (Wildman–Crippen LogP) is 2.96. The standard InChI is InChI=1S/C21H18N2O4/c24-19(16-9-5-2-6-10-16)23-17-11-12-18(22(13-17)21(23)26)20(25)27-14-15-7-3-1-4-8-15/h1-10,12,17H,11,13-14H2. The molecule has 0 radical (unpaired) electrons. The van der Waals surface area contributed by atoms with E-state index in [9.17, 15) is 14.4 Å². The average molecular weight is 362 g/mol. The molecule has 0 aliphatic carbocycles. The number of urea groups is 1. The molecule has 2 aromatic carbocycles. The molecule has 1 saturated heterocycles. The second kappa shape index (κ2) is 7.07. The summed E-state index contributed by atoms with van der Waals surface area (Å²) in [4.78, 5) is 40.5. The molecule has 0 aromatic heterocycles. The summed E-state index contributed by atoms with van der Waals surface area (Å²) in [7, 11) is 0. The van der Waals surface area contributed by atoms with Gasteiger partial charge < -0.3 is 4.74 Å². The van der Waals surface area contributed by atoms with Gasteiger partial charge in [0.15, 0.2) is 0 Å². The fraction of sp³-hybridized carbons (Fsp3) is 0.190. The lowest BCUT2D eigenvalue weighted by atomic mass is 10.1. The summed E-state index contributed by atoms with van der Waals surface area (Å²) in [6, 6.07) is 17.3. The fourth-order valence-electron chi connectivity index (χ4n) is 3.36. The summed E-state index contributed by atoms with van der Waals surface area (Å²) in [5.74, 6) is -0.903. The quantitative estimate of drug-likeness (QED) is 0.785. The number of benzene rings is 2. The number of carbonyl (C=O) groups excluding carboxylic acids is 3. The number of imide groups is 1. The van der Waals surface area contributed by atoms with Gasteiger partial charge in [-0.25, -0.2) is 9.59 Å². The Hall–Kier alpha value is -3.41. The molecular formula is C21H18N2O4. The van der Waals surface area contributed by atoms with Crippen LogP contribution in [0.1, 0.15) is 22.3 Å². The van der Waals surface area contributed by atoms with Crippen molar-refractivity contribution in [2.45, 2.75) is 19.1 Å². The number of esters is 1. The molecule has 2 aromatic rings. The second-order valence-corrected chi connectivity index (χ2v) is 6.47. The number of nitrogens with zero attached hydrogens (tertiary/aromatic N) is 2. The highest BCUT2D eigenvalue weighted by Crippen LogP contribution is 2.30. The molecule has 3 amide bonds. The van der Waals surface area contributed by atoms with Crippen LogP contribution in [0.3, 0.4) is 0 Å². The van der Waals surface area contributed by atoms with Gasteiger partial charge in [-0.15, -0.1) is 0 Å². The molecule has 0 saturated carbocycles. The van der Waals surface area contributed by atoms with Crippen molar-refractivity contribution in [2.75, 3.05) is 6.54 Å². The first-order valence-electron chi connectivity index (χ1n) is 8.76. The zero-order chi connectivity index (χ0) is 18.8. The molecule has 1 unspecified atom stereocenters. The van der Waals surface area contributed by atoms with Crippen molar-refractivity contribution in [1.29, 1.82) is 0 Å². The Bertz CT molecular complexity index is 908. The van der Waals surface area contributed by atoms with Crippen molar-refractivity contribution < 1.29 is 19.1 Å². The maximum atomic E-state index is 12.8. The summed E-state index contributed by atoms with van der Waals surface area (Å²) in [5.41, 5.74) is 1.53.